The Morgan fingerprint density at radius 1 is 0.600 bits per heavy atom. The Hall–Kier alpha value is -5.68. The third kappa shape index (κ3) is 10.5. The molecule has 0 aliphatic carbocycles. The first-order valence-electron chi connectivity index (χ1n) is 17.3. The number of rotatable bonds is 12. The number of hydrogen-bond acceptors (Lipinski definition) is 15. The van der Waals surface area contributed by atoms with E-state index in [0.717, 1.165) is 20.8 Å². The van der Waals surface area contributed by atoms with Crippen LogP contribution >= 0.6 is 0 Å². The van der Waals surface area contributed by atoms with Crippen LogP contribution in [0.25, 0.3) is 0 Å². The lowest BCUT2D eigenvalue weighted by molar-refractivity contribution is -0.340. The van der Waals surface area contributed by atoms with E-state index >= 15 is 0 Å². The fourth-order valence-electron chi connectivity index (χ4n) is 6.10. The van der Waals surface area contributed by atoms with Gasteiger partial charge in [0.1, 0.15) is 24.9 Å². The third-order valence-corrected chi connectivity index (χ3v) is 8.56. The lowest BCUT2D eigenvalue weighted by Gasteiger charge is -2.48. The number of ether oxygens (including phenoxy) is 8. The zero-order valence-electron chi connectivity index (χ0n) is 30.3. The number of nitrogens with one attached hydrogen (secondary N) is 1. The van der Waals surface area contributed by atoms with Gasteiger partial charge in [-0.05, 0) is 43.3 Å². The van der Waals surface area contributed by atoms with Crippen molar-refractivity contribution in [1.82, 2.24) is 5.32 Å². The average Bonchev–Trinajstić information content (AvgIpc) is 3.16. The summed E-state index contributed by atoms with van der Waals surface area (Å²) in [5.74, 6) is -4.79. The SMILES string of the molecule is CC(=O)NC1[C@H](O)OC(COC(C)=O)[C@@H](OC2O[C@@H](C)C(OC(=O)c3ccccc3)C(OC(=O)c3ccccc3)[C@@H]2OC(=O)c2ccccc2)[C@@H]1OC(C)=O. The first-order valence-corrected chi connectivity index (χ1v) is 17.3. The quantitative estimate of drug-likeness (QED) is 0.201. The molecule has 0 saturated carbocycles. The van der Waals surface area contributed by atoms with E-state index in [0.29, 0.717) is 0 Å². The van der Waals surface area contributed by atoms with Crippen molar-refractivity contribution in [3.63, 3.8) is 0 Å². The zero-order valence-corrected chi connectivity index (χ0v) is 30.3. The smallest absolute Gasteiger partial charge is 0.338 e. The normalized spacial score (nSPS) is 27.4. The van der Waals surface area contributed by atoms with E-state index in [1.165, 1.54) is 43.3 Å². The fourth-order valence-corrected chi connectivity index (χ4v) is 6.10. The van der Waals surface area contributed by atoms with Gasteiger partial charge in [-0.2, -0.15) is 0 Å². The van der Waals surface area contributed by atoms with Crippen molar-refractivity contribution in [1.29, 1.82) is 0 Å². The minimum atomic E-state index is -1.78. The molecule has 3 aromatic carbocycles. The topological polar surface area (TPSA) is 209 Å². The molecule has 2 N–H and O–H groups in total. The van der Waals surface area contributed by atoms with Gasteiger partial charge in [0.05, 0.1) is 22.8 Å². The Morgan fingerprint density at radius 3 is 1.53 bits per heavy atom. The molecule has 2 saturated heterocycles. The highest BCUT2D eigenvalue weighted by atomic mass is 16.7. The van der Waals surface area contributed by atoms with Gasteiger partial charge in [0, 0.05) is 20.8 Å². The predicted molar refractivity (Wildman–Crippen MR) is 187 cm³/mol. The van der Waals surface area contributed by atoms with E-state index in [4.69, 9.17) is 37.9 Å². The lowest BCUT2D eigenvalue weighted by atomic mass is 9.95. The first-order chi connectivity index (χ1) is 26.3. The van der Waals surface area contributed by atoms with Gasteiger partial charge < -0.3 is 48.3 Å². The molecule has 3 aromatic rings. The monoisotopic (exact) mass is 763 g/mol. The molecule has 0 spiro atoms. The van der Waals surface area contributed by atoms with Crippen molar-refractivity contribution in [2.45, 2.75) is 89.0 Å². The van der Waals surface area contributed by atoms with E-state index in [1.807, 2.05) is 0 Å². The van der Waals surface area contributed by atoms with Gasteiger partial charge in [-0.15, -0.1) is 0 Å². The van der Waals surface area contributed by atoms with Gasteiger partial charge >= 0.3 is 29.8 Å². The highest BCUT2D eigenvalue weighted by Crippen LogP contribution is 2.35. The van der Waals surface area contributed by atoms with E-state index in [1.54, 1.807) is 54.6 Å². The fraction of sp³-hybridized carbons (Fsp3) is 0.385. The summed E-state index contributed by atoms with van der Waals surface area (Å²) < 4.78 is 47.1. The summed E-state index contributed by atoms with van der Waals surface area (Å²) >= 11 is 0. The van der Waals surface area contributed by atoms with Crippen LogP contribution in [0.15, 0.2) is 91.0 Å². The third-order valence-electron chi connectivity index (χ3n) is 8.56. The number of benzene rings is 3. The van der Waals surface area contributed by atoms with Crippen molar-refractivity contribution in [3.8, 4) is 0 Å². The second-order valence-corrected chi connectivity index (χ2v) is 12.7. The standard InChI is InChI=1S/C39H41NO15/c1-21-30(52-35(44)25-14-8-5-9-15-25)33(53-36(45)26-16-10-6-11-17-26)34(54-37(46)27-18-12-7-13-19-27)39(49-21)55-31-28(20-48-23(3)42)51-38(47)29(40-22(2)41)32(31)50-24(4)43/h5-19,21,28-34,38-39,47H,20H2,1-4H3,(H,40,41)/t21-,28?,29?,30?,31+,32+,33?,34-,38+,39?/m0/s1. The molecule has 2 fully saturated rings. The van der Waals surface area contributed by atoms with E-state index in [9.17, 15) is 33.9 Å². The largest absolute Gasteiger partial charge is 0.463 e. The molecule has 5 unspecified atom stereocenters. The van der Waals surface area contributed by atoms with E-state index in [-0.39, 0.29) is 16.7 Å². The maximum Gasteiger partial charge on any atom is 0.338 e. The Morgan fingerprint density at radius 2 is 1.07 bits per heavy atom. The van der Waals surface area contributed by atoms with Crippen LogP contribution in [0.4, 0.5) is 0 Å². The second kappa shape index (κ2) is 18.6. The molecule has 5 rings (SSSR count). The molecule has 16 heteroatoms. The lowest BCUT2D eigenvalue weighted by Crippen LogP contribution is -2.68. The molecule has 2 heterocycles. The van der Waals surface area contributed by atoms with Gasteiger partial charge in [0.25, 0.3) is 0 Å². The molecule has 0 aromatic heterocycles. The molecule has 0 radical (unpaired) electrons. The van der Waals surface area contributed by atoms with Crippen LogP contribution < -0.4 is 5.32 Å². The second-order valence-electron chi connectivity index (χ2n) is 12.7. The van der Waals surface area contributed by atoms with Gasteiger partial charge in [-0.1, -0.05) is 54.6 Å². The number of hydrogen-bond donors (Lipinski definition) is 2. The highest BCUT2D eigenvalue weighted by molar-refractivity contribution is 5.91. The van der Waals surface area contributed by atoms with Gasteiger partial charge in [-0.3, -0.25) is 14.4 Å². The number of aliphatic hydroxyl groups excluding tert-OH is 1. The number of carbonyl (C=O) groups is 6. The van der Waals surface area contributed by atoms with Crippen molar-refractivity contribution < 1.29 is 71.8 Å². The summed E-state index contributed by atoms with van der Waals surface area (Å²) in [5.41, 5.74) is 0.370. The van der Waals surface area contributed by atoms with Crippen LogP contribution in [0, 0.1) is 0 Å². The summed E-state index contributed by atoms with van der Waals surface area (Å²) in [6.45, 7) is 4.33. The number of carbonyl (C=O) groups excluding carboxylic acids is 6. The van der Waals surface area contributed by atoms with Crippen LogP contribution in [0.5, 0.6) is 0 Å². The zero-order chi connectivity index (χ0) is 39.6. The van der Waals surface area contributed by atoms with Crippen molar-refractivity contribution >= 4 is 35.8 Å². The molecule has 10 atom stereocenters. The van der Waals surface area contributed by atoms with Crippen molar-refractivity contribution in [2.75, 3.05) is 6.61 Å². The summed E-state index contributed by atoms with van der Waals surface area (Å²) in [5, 5.41) is 13.4. The molecule has 2 aliphatic heterocycles. The van der Waals surface area contributed by atoms with E-state index in [2.05, 4.69) is 5.32 Å². The molecular formula is C39H41NO15. The van der Waals surface area contributed by atoms with Gasteiger partial charge in [0.15, 0.2) is 37.0 Å². The van der Waals surface area contributed by atoms with Crippen molar-refractivity contribution in [2.24, 2.45) is 0 Å². The van der Waals surface area contributed by atoms with Crippen LogP contribution in [-0.4, -0.2) is 109 Å². The van der Waals surface area contributed by atoms with Crippen LogP contribution in [0.3, 0.4) is 0 Å². The summed E-state index contributed by atoms with van der Waals surface area (Å²) in [4.78, 5) is 77.4. The van der Waals surface area contributed by atoms with Crippen LogP contribution in [0.2, 0.25) is 0 Å². The maximum absolute atomic E-state index is 13.7. The summed E-state index contributed by atoms with van der Waals surface area (Å²) in [7, 11) is 0. The number of aliphatic hydroxyl groups is 1. The number of amides is 1. The average molecular weight is 764 g/mol. The summed E-state index contributed by atoms with van der Waals surface area (Å²) in [6, 6.07) is 22.3. The summed E-state index contributed by atoms with van der Waals surface area (Å²) in [6.07, 6.45) is -13.8. The molecule has 1 amide bonds. The van der Waals surface area contributed by atoms with Crippen molar-refractivity contribution in [3.05, 3.63) is 108 Å². The minimum absolute atomic E-state index is 0.0891. The Bertz CT molecular complexity index is 1810. The van der Waals surface area contributed by atoms with Crippen LogP contribution in [-0.2, 0) is 52.3 Å². The highest BCUT2D eigenvalue weighted by Gasteiger charge is 2.56. The molecule has 292 valence electrons. The van der Waals surface area contributed by atoms with E-state index < -0.39 is 104 Å². The van der Waals surface area contributed by atoms with Crippen LogP contribution in [0.1, 0.15) is 58.8 Å². The Kier molecular flexibility index (Phi) is 13.7. The molecular weight excluding hydrogens is 722 g/mol. The first kappa shape index (κ1) is 40.5. The Balaban J connectivity index is 1.60. The maximum atomic E-state index is 13.7. The van der Waals surface area contributed by atoms with Gasteiger partial charge in [0.2, 0.25) is 5.91 Å². The molecule has 2 aliphatic rings. The number of esters is 5. The molecule has 0 bridgehead atoms. The molecule has 16 nitrogen and oxygen atoms in total. The predicted octanol–water partition coefficient (Wildman–Crippen LogP) is 2.51. The Labute approximate surface area is 315 Å². The van der Waals surface area contributed by atoms with Gasteiger partial charge in [-0.25, -0.2) is 14.4 Å². The molecule has 55 heavy (non-hydrogen) atoms. The minimum Gasteiger partial charge on any atom is -0.463 e.